The molecule has 0 bridgehead atoms. The Morgan fingerprint density at radius 1 is 1.03 bits per heavy atom. The van der Waals surface area contributed by atoms with Crippen molar-refractivity contribution in [1.82, 2.24) is 15.4 Å². The highest BCUT2D eigenvalue weighted by Gasteiger charge is 2.09. The number of methoxy groups -OCH3 is 1. The topological polar surface area (TPSA) is 94.9 Å². The molecule has 3 rings (SSSR count). The van der Waals surface area contributed by atoms with E-state index in [4.69, 9.17) is 14.2 Å². The van der Waals surface area contributed by atoms with E-state index in [-0.39, 0.29) is 5.69 Å². The van der Waals surface area contributed by atoms with E-state index in [1.165, 1.54) is 12.4 Å². The van der Waals surface area contributed by atoms with Crippen LogP contribution in [-0.4, -0.2) is 42.4 Å². The number of aromatic nitrogens is 2. The van der Waals surface area contributed by atoms with Gasteiger partial charge in [0.1, 0.15) is 22.9 Å². The van der Waals surface area contributed by atoms with Gasteiger partial charge in [0.2, 0.25) is 0 Å². The van der Waals surface area contributed by atoms with Gasteiger partial charge in [-0.15, -0.1) is 0 Å². The fourth-order valence-corrected chi connectivity index (χ4v) is 2.82. The minimum Gasteiger partial charge on any atom is -0.497 e. The van der Waals surface area contributed by atoms with Crippen molar-refractivity contribution in [3.63, 3.8) is 0 Å². The maximum Gasteiger partial charge on any atom is 0.291 e. The lowest BCUT2D eigenvalue weighted by molar-refractivity contribution is 0.0950. The Morgan fingerprint density at radius 2 is 1.81 bits per heavy atom. The molecule has 0 unspecified atom stereocenters. The van der Waals surface area contributed by atoms with E-state index in [1.54, 1.807) is 25.4 Å². The van der Waals surface area contributed by atoms with Crippen LogP contribution in [0.3, 0.4) is 0 Å². The largest absolute Gasteiger partial charge is 0.497 e. The van der Waals surface area contributed by atoms with Crippen molar-refractivity contribution >= 4 is 12.1 Å². The molecule has 0 fully saturated rings. The van der Waals surface area contributed by atoms with Crippen molar-refractivity contribution in [3.05, 3.63) is 66.1 Å². The molecule has 0 saturated heterocycles. The summed E-state index contributed by atoms with van der Waals surface area (Å²) in [6, 6.07) is 12.9. The predicted molar refractivity (Wildman–Crippen MR) is 122 cm³/mol. The Kier molecular flexibility index (Phi) is 8.14. The number of hydrogen-bond donors (Lipinski definition) is 1. The molecular formula is C24H26N4O4. The van der Waals surface area contributed by atoms with Crippen molar-refractivity contribution in [2.75, 3.05) is 20.3 Å². The van der Waals surface area contributed by atoms with Crippen molar-refractivity contribution in [2.45, 2.75) is 20.3 Å². The molecular weight excluding hydrogens is 408 g/mol. The summed E-state index contributed by atoms with van der Waals surface area (Å²) in [7, 11) is 1.58. The third-order valence-corrected chi connectivity index (χ3v) is 4.32. The SMILES string of the molecule is CCCOc1cc(/C=N/NC(=O)c2cncc(-c3ccc(OCC)cc3)n2)cc(OC)c1. The molecule has 0 aliphatic rings. The van der Waals surface area contributed by atoms with Crippen LogP contribution in [0.25, 0.3) is 11.3 Å². The number of hydrogen-bond acceptors (Lipinski definition) is 7. The Bertz CT molecular complexity index is 1070. The fraction of sp³-hybridized carbons (Fsp3) is 0.250. The van der Waals surface area contributed by atoms with E-state index < -0.39 is 5.91 Å². The summed E-state index contributed by atoms with van der Waals surface area (Å²) in [5.74, 6) is 1.62. The number of hydrazone groups is 1. The van der Waals surface area contributed by atoms with Crippen LogP contribution in [0.5, 0.6) is 17.2 Å². The van der Waals surface area contributed by atoms with Gasteiger partial charge in [-0.25, -0.2) is 10.4 Å². The number of carbonyl (C=O) groups is 1. The highest BCUT2D eigenvalue weighted by molar-refractivity contribution is 5.93. The molecule has 1 aromatic heterocycles. The van der Waals surface area contributed by atoms with Gasteiger partial charge in [0, 0.05) is 17.2 Å². The van der Waals surface area contributed by atoms with Crippen LogP contribution in [0.15, 0.2) is 60.0 Å². The molecule has 0 spiro atoms. The lowest BCUT2D eigenvalue weighted by atomic mass is 10.1. The second-order valence-corrected chi connectivity index (χ2v) is 6.74. The molecule has 0 aliphatic heterocycles. The Balaban J connectivity index is 1.68. The Labute approximate surface area is 187 Å². The second kappa shape index (κ2) is 11.5. The number of benzene rings is 2. The molecule has 2 aromatic carbocycles. The summed E-state index contributed by atoms with van der Waals surface area (Å²) < 4.78 is 16.4. The summed E-state index contributed by atoms with van der Waals surface area (Å²) in [6.07, 6.45) is 5.41. The molecule has 166 valence electrons. The second-order valence-electron chi connectivity index (χ2n) is 6.74. The molecule has 1 heterocycles. The average Bonchev–Trinajstić information content (AvgIpc) is 2.83. The lowest BCUT2D eigenvalue weighted by Crippen LogP contribution is -2.19. The van der Waals surface area contributed by atoms with Gasteiger partial charge in [-0.2, -0.15) is 5.10 Å². The Hall–Kier alpha value is -3.94. The molecule has 1 N–H and O–H groups in total. The van der Waals surface area contributed by atoms with Gasteiger partial charge in [0.25, 0.3) is 5.91 Å². The van der Waals surface area contributed by atoms with Crippen LogP contribution in [0.2, 0.25) is 0 Å². The molecule has 8 nitrogen and oxygen atoms in total. The monoisotopic (exact) mass is 434 g/mol. The quantitative estimate of drug-likeness (QED) is 0.381. The first-order valence-electron chi connectivity index (χ1n) is 10.3. The van der Waals surface area contributed by atoms with Crippen LogP contribution in [0.1, 0.15) is 36.3 Å². The van der Waals surface area contributed by atoms with E-state index in [0.29, 0.717) is 30.4 Å². The molecule has 8 heteroatoms. The summed E-state index contributed by atoms with van der Waals surface area (Å²) >= 11 is 0. The van der Waals surface area contributed by atoms with Crippen LogP contribution >= 0.6 is 0 Å². The standard InChI is InChI=1S/C24H26N4O4/c1-4-10-32-21-12-17(11-20(13-21)30-3)14-26-28-24(29)23-16-25-15-22(27-23)18-6-8-19(9-7-18)31-5-2/h6-9,11-16H,4-5,10H2,1-3H3,(H,28,29)/b26-14+. The molecule has 0 saturated carbocycles. The van der Waals surface area contributed by atoms with Crippen LogP contribution in [-0.2, 0) is 0 Å². The van der Waals surface area contributed by atoms with Gasteiger partial charge in [-0.1, -0.05) is 6.92 Å². The van der Waals surface area contributed by atoms with Gasteiger partial charge in [0.15, 0.2) is 0 Å². The highest BCUT2D eigenvalue weighted by Crippen LogP contribution is 2.22. The number of nitrogens with one attached hydrogen (secondary N) is 1. The maximum atomic E-state index is 12.5. The van der Waals surface area contributed by atoms with E-state index >= 15 is 0 Å². The van der Waals surface area contributed by atoms with Gasteiger partial charge >= 0.3 is 0 Å². The van der Waals surface area contributed by atoms with E-state index in [2.05, 4.69) is 20.5 Å². The smallest absolute Gasteiger partial charge is 0.291 e. The number of rotatable bonds is 10. The van der Waals surface area contributed by atoms with E-state index in [1.807, 2.05) is 44.2 Å². The zero-order valence-corrected chi connectivity index (χ0v) is 18.4. The third kappa shape index (κ3) is 6.28. The van der Waals surface area contributed by atoms with Gasteiger partial charge in [0.05, 0.1) is 44.6 Å². The molecule has 1 amide bonds. The first-order chi connectivity index (χ1) is 15.6. The maximum absolute atomic E-state index is 12.5. The molecule has 0 atom stereocenters. The highest BCUT2D eigenvalue weighted by atomic mass is 16.5. The number of carbonyl (C=O) groups excluding carboxylic acids is 1. The van der Waals surface area contributed by atoms with E-state index in [9.17, 15) is 4.79 Å². The zero-order valence-electron chi connectivity index (χ0n) is 18.4. The molecule has 3 aromatic rings. The first kappa shape index (κ1) is 22.7. The van der Waals surface area contributed by atoms with Crippen molar-refractivity contribution in [1.29, 1.82) is 0 Å². The van der Waals surface area contributed by atoms with Crippen molar-refractivity contribution < 1.29 is 19.0 Å². The molecule has 32 heavy (non-hydrogen) atoms. The predicted octanol–water partition coefficient (Wildman–Crippen LogP) is 4.10. The summed E-state index contributed by atoms with van der Waals surface area (Å²) in [5.41, 5.74) is 4.77. The lowest BCUT2D eigenvalue weighted by Gasteiger charge is -2.08. The van der Waals surface area contributed by atoms with Crippen LogP contribution in [0, 0.1) is 0 Å². The van der Waals surface area contributed by atoms with E-state index in [0.717, 1.165) is 23.3 Å². The van der Waals surface area contributed by atoms with Crippen LogP contribution in [0.4, 0.5) is 0 Å². The van der Waals surface area contributed by atoms with Crippen molar-refractivity contribution in [3.8, 4) is 28.5 Å². The normalized spacial score (nSPS) is 10.7. The number of amides is 1. The number of nitrogens with zero attached hydrogens (tertiary/aromatic N) is 3. The van der Waals surface area contributed by atoms with Gasteiger partial charge in [-0.3, -0.25) is 9.78 Å². The zero-order chi connectivity index (χ0) is 22.8. The minimum atomic E-state index is -0.466. The fourth-order valence-electron chi connectivity index (χ4n) is 2.82. The summed E-state index contributed by atoms with van der Waals surface area (Å²) in [4.78, 5) is 21.0. The molecule has 0 radical (unpaired) electrons. The van der Waals surface area contributed by atoms with Gasteiger partial charge < -0.3 is 14.2 Å². The summed E-state index contributed by atoms with van der Waals surface area (Å²) in [5, 5.41) is 4.03. The average molecular weight is 434 g/mol. The third-order valence-electron chi connectivity index (χ3n) is 4.32. The van der Waals surface area contributed by atoms with Gasteiger partial charge in [-0.05, 0) is 49.7 Å². The first-order valence-corrected chi connectivity index (χ1v) is 10.3. The minimum absolute atomic E-state index is 0.158. The number of ether oxygens (including phenoxy) is 3. The molecule has 0 aliphatic carbocycles. The summed E-state index contributed by atoms with van der Waals surface area (Å²) in [6.45, 7) is 5.16. The van der Waals surface area contributed by atoms with Crippen molar-refractivity contribution in [2.24, 2.45) is 5.10 Å². The van der Waals surface area contributed by atoms with Crippen LogP contribution < -0.4 is 19.6 Å². The Morgan fingerprint density at radius 3 is 2.53 bits per heavy atom.